The molecule has 0 heteroatoms. The molecule has 0 aliphatic heterocycles. The Morgan fingerprint density at radius 2 is 0.913 bits per heavy atom. The molecule has 0 saturated heterocycles. The maximum atomic E-state index is 2.51. The highest BCUT2D eigenvalue weighted by atomic mass is 14.6. The molecule has 0 saturated carbocycles. The highest BCUT2D eigenvalue weighted by molar-refractivity contribution is 5.02. The second kappa shape index (κ2) is 11.5. The van der Waals surface area contributed by atoms with Crippen molar-refractivity contribution in [3.05, 3.63) is 0 Å². The van der Waals surface area contributed by atoms with Crippen LogP contribution in [-0.4, -0.2) is 0 Å². The number of hydrogen-bond acceptors (Lipinski definition) is 0. The zero-order valence-corrected chi connectivity index (χ0v) is 17.9. The summed E-state index contributed by atoms with van der Waals surface area (Å²) in [6.45, 7) is 19.6. The summed E-state index contributed by atoms with van der Waals surface area (Å²) in [5, 5.41) is 0. The smallest absolute Gasteiger partial charge is 0.0213 e. The van der Waals surface area contributed by atoms with Gasteiger partial charge in [-0.15, -0.1) is 0 Å². The molecular formula is C23H48. The van der Waals surface area contributed by atoms with Crippen LogP contribution in [0.25, 0.3) is 0 Å². The largest absolute Gasteiger partial charge is 0.0654 e. The molecule has 2 atom stereocenters. The molecule has 0 heterocycles. The van der Waals surface area contributed by atoms with E-state index in [0.29, 0.717) is 10.8 Å². The predicted octanol–water partition coefficient (Wildman–Crippen LogP) is 8.64. The van der Waals surface area contributed by atoms with E-state index in [0.717, 1.165) is 11.8 Å². The Morgan fingerprint density at radius 3 is 1.17 bits per heavy atom. The summed E-state index contributed by atoms with van der Waals surface area (Å²) >= 11 is 0. The van der Waals surface area contributed by atoms with Gasteiger partial charge in [-0.25, -0.2) is 0 Å². The summed E-state index contributed by atoms with van der Waals surface area (Å²) in [5.41, 5.74) is 1.10. The van der Waals surface area contributed by atoms with Crippen molar-refractivity contribution in [1.29, 1.82) is 0 Å². The van der Waals surface area contributed by atoms with E-state index in [-0.39, 0.29) is 0 Å². The minimum atomic E-state index is 0.547. The first-order valence-electron chi connectivity index (χ1n) is 11.0. The van der Waals surface area contributed by atoms with Crippen LogP contribution in [0.1, 0.15) is 126 Å². The van der Waals surface area contributed by atoms with Gasteiger partial charge in [-0.2, -0.15) is 0 Å². The molecule has 2 unspecified atom stereocenters. The summed E-state index contributed by atoms with van der Waals surface area (Å²) in [7, 11) is 0. The van der Waals surface area contributed by atoms with Crippen LogP contribution in [0.2, 0.25) is 0 Å². The maximum absolute atomic E-state index is 2.51. The van der Waals surface area contributed by atoms with Crippen LogP contribution in [0.3, 0.4) is 0 Å². The molecule has 0 rings (SSSR count). The summed E-state index contributed by atoms with van der Waals surface area (Å²) in [4.78, 5) is 0. The second-order valence-electron chi connectivity index (χ2n) is 7.90. The average molecular weight is 325 g/mol. The molecule has 0 aromatic carbocycles. The van der Waals surface area contributed by atoms with Gasteiger partial charge in [0.2, 0.25) is 0 Å². The molecule has 0 spiro atoms. The number of rotatable bonds is 14. The second-order valence-corrected chi connectivity index (χ2v) is 7.90. The van der Waals surface area contributed by atoms with Gasteiger partial charge < -0.3 is 0 Å². The van der Waals surface area contributed by atoms with E-state index in [1.165, 1.54) is 70.6 Å². The van der Waals surface area contributed by atoms with Crippen molar-refractivity contribution in [2.75, 3.05) is 0 Å². The van der Waals surface area contributed by atoms with Crippen molar-refractivity contribution in [3.8, 4) is 0 Å². The molecule has 0 nitrogen and oxygen atoms in total. The van der Waals surface area contributed by atoms with Crippen LogP contribution < -0.4 is 0 Å². The quantitative estimate of drug-likeness (QED) is 0.300. The summed E-state index contributed by atoms with van der Waals surface area (Å²) in [5.74, 6) is 1.79. The van der Waals surface area contributed by atoms with Crippen molar-refractivity contribution in [1.82, 2.24) is 0 Å². The van der Waals surface area contributed by atoms with Gasteiger partial charge in [0.05, 0.1) is 0 Å². The van der Waals surface area contributed by atoms with Crippen LogP contribution in [0.15, 0.2) is 0 Å². The number of hydrogen-bond donors (Lipinski definition) is 0. The monoisotopic (exact) mass is 324 g/mol. The van der Waals surface area contributed by atoms with E-state index in [9.17, 15) is 0 Å². The zero-order chi connectivity index (χ0) is 17.9. The van der Waals surface area contributed by atoms with E-state index < -0.39 is 0 Å². The van der Waals surface area contributed by atoms with E-state index in [4.69, 9.17) is 0 Å². The molecule has 0 aliphatic rings. The normalized spacial score (nSPS) is 17.5. The van der Waals surface area contributed by atoms with E-state index in [1.54, 1.807) is 0 Å². The lowest BCUT2D eigenvalue weighted by Gasteiger charge is -2.59. The molecule has 0 aliphatic carbocycles. The number of unbranched alkanes of at least 4 members (excludes halogenated alkanes) is 1. The van der Waals surface area contributed by atoms with Crippen molar-refractivity contribution in [2.24, 2.45) is 22.7 Å². The first-order chi connectivity index (χ1) is 11.0. The van der Waals surface area contributed by atoms with Crippen LogP contribution in [0, 0.1) is 22.7 Å². The van der Waals surface area contributed by atoms with Gasteiger partial charge in [0, 0.05) is 0 Å². The van der Waals surface area contributed by atoms with Gasteiger partial charge in [0.1, 0.15) is 0 Å². The summed E-state index contributed by atoms with van der Waals surface area (Å²) in [6, 6.07) is 0. The molecule has 0 amide bonds. The molecule has 23 heavy (non-hydrogen) atoms. The van der Waals surface area contributed by atoms with E-state index >= 15 is 0 Å². The lowest BCUT2D eigenvalue weighted by molar-refractivity contribution is -0.0968. The molecule has 140 valence electrons. The van der Waals surface area contributed by atoms with Crippen LogP contribution >= 0.6 is 0 Å². The van der Waals surface area contributed by atoms with Crippen molar-refractivity contribution < 1.29 is 0 Å². The van der Waals surface area contributed by atoms with Crippen LogP contribution in [0.4, 0.5) is 0 Å². The Hall–Kier alpha value is 0. The Labute approximate surface area is 149 Å². The average Bonchev–Trinajstić information content (AvgIpc) is 2.58. The fraction of sp³-hybridized carbons (Fsp3) is 1.00. The minimum absolute atomic E-state index is 0.547. The van der Waals surface area contributed by atoms with Crippen molar-refractivity contribution in [3.63, 3.8) is 0 Å². The van der Waals surface area contributed by atoms with E-state index in [2.05, 4.69) is 55.4 Å². The van der Waals surface area contributed by atoms with Gasteiger partial charge >= 0.3 is 0 Å². The van der Waals surface area contributed by atoms with Gasteiger partial charge in [0.25, 0.3) is 0 Å². The first kappa shape index (κ1) is 23.0. The summed E-state index contributed by atoms with van der Waals surface area (Å²) in [6.07, 6.45) is 15.2. The lowest BCUT2D eigenvalue weighted by atomic mass is 9.46. The molecule has 0 aromatic heterocycles. The van der Waals surface area contributed by atoms with Crippen molar-refractivity contribution in [2.45, 2.75) is 126 Å². The van der Waals surface area contributed by atoms with Crippen LogP contribution in [-0.2, 0) is 0 Å². The molecule has 0 N–H and O–H groups in total. The summed E-state index contributed by atoms with van der Waals surface area (Å²) < 4.78 is 0. The molecular weight excluding hydrogens is 276 g/mol. The van der Waals surface area contributed by atoms with Crippen molar-refractivity contribution >= 4 is 0 Å². The predicted molar refractivity (Wildman–Crippen MR) is 108 cm³/mol. The van der Waals surface area contributed by atoms with Gasteiger partial charge in [-0.1, -0.05) is 100 Å². The van der Waals surface area contributed by atoms with Gasteiger partial charge in [-0.05, 0) is 48.3 Å². The lowest BCUT2D eigenvalue weighted by Crippen LogP contribution is -2.51. The highest BCUT2D eigenvalue weighted by Crippen LogP contribution is 2.62. The Balaban J connectivity index is 6.24. The van der Waals surface area contributed by atoms with Gasteiger partial charge in [-0.3, -0.25) is 0 Å². The Morgan fingerprint density at radius 1 is 0.522 bits per heavy atom. The topological polar surface area (TPSA) is 0 Å². The molecule has 0 fully saturated rings. The maximum Gasteiger partial charge on any atom is -0.0213 e. The minimum Gasteiger partial charge on any atom is -0.0654 e. The fourth-order valence-corrected chi connectivity index (χ4v) is 6.43. The Bertz CT molecular complexity index is 274. The molecule has 0 bridgehead atoms. The zero-order valence-electron chi connectivity index (χ0n) is 17.9. The van der Waals surface area contributed by atoms with Gasteiger partial charge in [0.15, 0.2) is 0 Å². The molecule has 0 aromatic rings. The highest BCUT2D eigenvalue weighted by Gasteiger charge is 2.53. The third kappa shape index (κ3) is 4.55. The third-order valence-corrected chi connectivity index (χ3v) is 7.46. The van der Waals surface area contributed by atoms with E-state index in [1.807, 2.05) is 0 Å². The standard InChI is InChI=1S/C23H48/c1-9-17-19-23(16-8,21(13-5)14-6)22(15-7,18-10-2)20(11-3)12-4/h20-21H,9-19H2,1-8H3. The van der Waals surface area contributed by atoms with Crippen LogP contribution in [0.5, 0.6) is 0 Å². The SMILES string of the molecule is CCCCC(CC)(C(CC)CC)C(CC)(CCC)C(CC)CC. The fourth-order valence-electron chi connectivity index (χ4n) is 6.43. The third-order valence-electron chi connectivity index (χ3n) is 7.46. The Kier molecular flexibility index (Phi) is 11.5. The first-order valence-corrected chi connectivity index (χ1v) is 11.0. The molecule has 0 radical (unpaired) electrons.